The molecule has 5 nitrogen and oxygen atoms in total. The molecule has 0 saturated carbocycles. The van der Waals surface area contributed by atoms with Gasteiger partial charge in [-0.2, -0.15) is 0 Å². The lowest BCUT2D eigenvalue weighted by atomic mass is 10.2. The second-order valence-corrected chi connectivity index (χ2v) is 8.07. The third-order valence-electron chi connectivity index (χ3n) is 4.25. The molecule has 142 valence electrons. The number of thioether (sulfide) groups is 1. The number of hydrogen-bond acceptors (Lipinski definition) is 5. The highest BCUT2D eigenvalue weighted by Crippen LogP contribution is 2.37. The first kappa shape index (κ1) is 19.6. The number of fused-ring (bicyclic) bond motifs is 1. The van der Waals surface area contributed by atoms with E-state index in [9.17, 15) is 9.59 Å². The SMILES string of the molecule is COc1ccc(Cl)cc1C(=O)OCC(=O)N1CC[C@@H](C)Sc2ccccc21. The number of carbonyl (C=O) groups is 2. The first-order valence-electron chi connectivity index (χ1n) is 8.56. The summed E-state index contributed by atoms with van der Waals surface area (Å²) in [6.45, 7) is 2.38. The molecule has 0 aliphatic carbocycles. The summed E-state index contributed by atoms with van der Waals surface area (Å²) in [5.74, 6) is -0.553. The van der Waals surface area contributed by atoms with Gasteiger partial charge in [0.05, 0.1) is 12.8 Å². The van der Waals surface area contributed by atoms with E-state index in [0.717, 1.165) is 17.0 Å². The highest BCUT2D eigenvalue weighted by molar-refractivity contribution is 8.00. The second kappa shape index (κ2) is 8.67. The van der Waals surface area contributed by atoms with Crippen molar-refractivity contribution in [1.29, 1.82) is 0 Å². The summed E-state index contributed by atoms with van der Waals surface area (Å²) >= 11 is 7.70. The van der Waals surface area contributed by atoms with E-state index in [1.54, 1.807) is 28.8 Å². The van der Waals surface area contributed by atoms with Crippen LogP contribution in [0.4, 0.5) is 5.69 Å². The van der Waals surface area contributed by atoms with Crippen LogP contribution in [-0.2, 0) is 9.53 Å². The molecule has 0 N–H and O–H groups in total. The summed E-state index contributed by atoms with van der Waals surface area (Å²) in [5, 5.41) is 0.795. The Labute approximate surface area is 167 Å². The molecule has 1 aliphatic heterocycles. The number of halogens is 1. The van der Waals surface area contributed by atoms with Crippen molar-refractivity contribution in [2.45, 2.75) is 23.5 Å². The lowest BCUT2D eigenvalue weighted by molar-refractivity contribution is -0.121. The van der Waals surface area contributed by atoms with Crippen LogP contribution in [0.15, 0.2) is 47.4 Å². The average molecular weight is 406 g/mol. The summed E-state index contributed by atoms with van der Waals surface area (Å²) in [4.78, 5) is 27.9. The number of carbonyl (C=O) groups excluding carboxylic acids is 2. The van der Waals surface area contributed by atoms with Crippen LogP contribution in [0.25, 0.3) is 0 Å². The third-order valence-corrected chi connectivity index (χ3v) is 5.72. The Morgan fingerprint density at radius 1 is 1.26 bits per heavy atom. The average Bonchev–Trinajstić information content (AvgIpc) is 2.84. The Kier molecular flexibility index (Phi) is 6.29. The number of anilines is 1. The first-order chi connectivity index (χ1) is 13.0. The molecule has 2 aromatic carbocycles. The number of nitrogens with zero attached hydrogens (tertiary/aromatic N) is 1. The Balaban J connectivity index is 1.73. The van der Waals surface area contributed by atoms with Gasteiger partial charge in [-0.05, 0) is 36.8 Å². The van der Waals surface area contributed by atoms with E-state index in [-0.39, 0.29) is 18.1 Å². The van der Waals surface area contributed by atoms with Gasteiger partial charge in [0.2, 0.25) is 0 Å². The minimum absolute atomic E-state index is 0.193. The van der Waals surface area contributed by atoms with Gasteiger partial charge in [-0.1, -0.05) is 30.7 Å². The molecule has 1 aliphatic rings. The van der Waals surface area contributed by atoms with Crippen LogP contribution in [0, 0.1) is 0 Å². The molecule has 0 fully saturated rings. The summed E-state index contributed by atoms with van der Waals surface area (Å²) in [6, 6.07) is 12.5. The van der Waals surface area contributed by atoms with Crippen LogP contribution in [-0.4, -0.2) is 37.4 Å². The molecule has 0 aromatic heterocycles. The normalized spacial score (nSPS) is 16.3. The fourth-order valence-corrected chi connectivity index (χ4v) is 4.15. The molecule has 27 heavy (non-hydrogen) atoms. The molecule has 0 radical (unpaired) electrons. The van der Waals surface area contributed by atoms with Gasteiger partial charge in [0.25, 0.3) is 5.91 Å². The van der Waals surface area contributed by atoms with Crippen molar-refractivity contribution < 1.29 is 19.1 Å². The van der Waals surface area contributed by atoms with Gasteiger partial charge >= 0.3 is 5.97 Å². The van der Waals surface area contributed by atoms with Gasteiger partial charge < -0.3 is 14.4 Å². The number of rotatable bonds is 4. The zero-order valence-electron chi connectivity index (χ0n) is 15.1. The van der Waals surface area contributed by atoms with Crippen LogP contribution in [0.3, 0.4) is 0 Å². The van der Waals surface area contributed by atoms with E-state index in [0.29, 0.717) is 22.6 Å². The van der Waals surface area contributed by atoms with Crippen LogP contribution in [0.5, 0.6) is 5.75 Å². The quantitative estimate of drug-likeness (QED) is 0.704. The smallest absolute Gasteiger partial charge is 0.342 e. The highest BCUT2D eigenvalue weighted by atomic mass is 35.5. The molecule has 0 unspecified atom stereocenters. The van der Waals surface area contributed by atoms with Crippen molar-refractivity contribution in [3.05, 3.63) is 53.1 Å². The Morgan fingerprint density at radius 2 is 2.04 bits per heavy atom. The molecule has 0 bridgehead atoms. The largest absolute Gasteiger partial charge is 0.496 e. The van der Waals surface area contributed by atoms with E-state index < -0.39 is 5.97 Å². The summed E-state index contributed by atoms with van der Waals surface area (Å²) in [6.07, 6.45) is 0.862. The number of benzene rings is 2. The first-order valence-corrected chi connectivity index (χ1v) is 9.82. The summed E-state index contributed by atoms with van der Waals surface area (Å²) in [7, 11) is 1.46. The second-order valence-electron chi connectivity index (χ2n) is 6.15. The molecule has 0 spiro atoms. The standard InChI is InChI=1S/C20H20ClNO4S/c1-13-9-10-22(16-5-3-4-6-18(16)27-13)19(23)12-26-20(24)15-11-14(21)7-8-17(15)25-2/h3-8,11,13H,9-10,12H2,1-2H3/t13-/m1/s1. The number of ether oxygens (including phenoxy) is 2. The minimum Gasteiger partial charge on any atom is -0.496 e. The molecule has 1 amide bonds. The Bertz CT molecular complexity index is 858. The lowest BCUT2D eigenvalue weighted by Crippen LogP contribution is -2.35. The van der Waals surface area contributed by atoms with Gasteiger partial charge in [0.1, 0.15) is 11.3 Å². The zero-order chi connectivity index (χ0) is 19.4. The topological polar surface area (TPSA) is 55.8 Å². The fraction of sp³-hybridized carbons (Fsp3) is 0.300. The minimum atomic E-state index is -0.645. The van der Waals surface area contributed by atoms with Gasteiger partial charge in [-0.25, -0.2) is 4.79 Å². The predicted octanol–water partition coefficient (Wildman–Crippen LogP) is 4.42. The van der Waals surface area contributed by atoms with Gasteiger partial charge in [-0.3, -0.25) is 4.79 Å². The zero-order valence-corrected chi connectivity index (χ0v) is 16.7. The predicted molar refractivity (Wildman–Crippen MR) is 107 cm³/mol. The van der Waals surface area contributed by atoms with Gasteiger partial charge in [-0.15, -0.1) is 11.8 Å². The Morgan fingerprint density at radius 3 is 2.81 bits per heavy atom. The summed E-state index contributed by atoms with van der Waals surface area (Å²) < 4.78 is 10.4. The van der Waals surface area contributed by atoms with Crippen molar-refractivity contribution in [2.75, 3.05) is 25.2 Å². The molecule has 7 heteroatoms. The fourth-order valence-electron chi connectivity index (χ4n) is 2.87. The third kappa shape index (κ3) is 4.57. The number of para-hydroxylation sites is 1. The van der Waals surface area contributed by atoms with Crippen LogP contribution in [0.2, 0.25) is 5.02 Å². The van der Waals surface area contributed by atoms with Crippen molar-refractivity contribution >= 4 is 40.9 Å². The number of amides is 1. The highest BCUT2D eigenvalue weighted by Gasteiger charge is 2.25. The molecule has 0 saturated heterocycles. The number of methoxy groups -OCH3 is 1. The maximum atomic E-state index is 12.8. The van der Waals surface area contributed by atoms with Crippen molar-refractivity contribution in [3.63, 3.8) is 0 Å². The van der Waals surface area contributed by atoms with E-state index in [1.165, 1.54) is 13.2 Å². The maximum absolute atomic E-state index is 12.8. The van der Waals surface area contributed by atoms with Gasteiger partial charge in [0, 0.05) is 21.7 Å². The molecule has 1 heterocycles. The van der Waals surface area contributed by atoms with Crippen LogP contribution in [0.1, 0.15) is 23.7 Å². The number of hydrogen-bond donors (Lipinski definition) is 0. The van der Waals surface area contributed by atoms with Crippen molar-refractivity contribution in [3.8, 4) is 5.75 Å². The number of esters is 1. The maximum Gasteiger partial charge on any atom is 0.342 e. The van der Waals surface area contributed by atoms with E-state index in [4.69, 9.17) is 21.1 Å². The molecule has 2 aromatic rings. The van der Waals surface area contributed by atoms with Crippen molar-refractivity contribution in [1.82, 2.24) is 0 Å². The van der Waals surface area contributed by atoms with Crippen molar-refractivity contribution in [2.24, 2.45) is 0 Å². The Hall–Kier alpha value is -2.18. The monoisotopic (exact) mass is 405 g/mol. The van der Waals surface area contributed by atoms with Crippen LogP contribution < -0.4 is 9.64 Å². The summed E-state index contributed by atoms with van der Waals surface area (Å²) in [5.41, 5.74) is 1.05. The van der Waals surface area contributed by atoms with Crippen LogP contribution >= 0.6 is 23.4 Å². The molecule has 1 atom stereocenters. The van der Waals surface area contributed by atoms with E-state index in [2.05, 4.69) is 6.92 Å². The molecular formula is C20H20ClNO4S. The molecule has 3 rings (SSSR count). The van der Waals surface area contributed by atoms with E-state index in [1.807, 2.05) is 24.3 Å². The van der Waals surface area contributed by atoms with E-state index >= 15 is 0 Å². The molecular weight excluding hydrogens is 386 g/mol. The lowest BCUT2D eigenvalue weighted by Gasteiger charge is -2.22. The van der Waals surface area contributed by atoms with Gasteiger partial charge in [0.15, 0.2) is 6.61 Å².